The van der Waals surface area contributed by atoms with Crippen molar-refractivity contribution < 1.29 is 14.7 Å². The lowest BCUT2D eigenvalue weighted by molar-refractivity contribution is -0.152. The highest BCUT2D eigenvalue weighted by Crippen LogP contribution is 2.25. The molecule has 0 radical (unpaired) electrons. The Hall–Kier alpha value is -2.28. The Morgan fingerprint density at radius 2 is 2.29 bits per heavy atom. The molecular formula is C17H19N3O3S. The Balaban J connectivity index is 1.70. The summed E-state index contributed by atoms with van der Waals surface area (Å²) in [6.45, 7) is 2.52. The molecular weight excluding hydrogens is 326 g/mol. The molecule has 6 nitrogen and oxygen atoms in total. The average Bonchev–Trinajstić information content (AvgIpc) is 3.04. The Bertz CT molecular complexity index is 732. The number of aliphatic carboxylic acids is 1. The summed E-state index contributed by atoms with van der Waals surface area (Å²) in [7, 11) is 0. The molecule has 1 N–H and O–H groups in total. The molecule has 1 amide bonds. The summed E-state index contributed by atoms with van der Waals surface area (Å²) in [5.41, 5.74) is 1.59. The topological polar surface area (TPSA) is 83.4 Å². The molecule has 0 bridgehead atoms. The van der Waals surface area contributed by atoms with Crippen LogP contribution in [0.5, 0.6) is 0 Å². The fraction of sp³-hybridized carbons (Fsp3) is 0.412. The van der Waals surface area contributed by atoms with Gasteiger partial charge in [-0.25, -0.2) is 9.78 Å². The highest BCUT2D eigenvalue weighted by Gasteiger charge is 2.34. The molecule has 2 atom stereocenters. The molecule has 3 heterocycles. The average molecular weight is 345 g/mol. The fourth-order valence-corrected chi connectivity index (χ4v) is 3.75. The zero-order valence-corrected chi connectivity index (χ0v) is 14.2. The number of carboxylic acids is 1. The third-order valence-electron chi connectivity index (χ3n) is 4.26. The third kappa shape index (κ3) is 3.62. The molecule has 0 aliphatic carbocycles. The molecule has 2 unspecified atom stereocenters. The standard InChI is InChI=1S/C17H19N3O3S/c1-11-4-6-20(14(7-11)17(22)23)15(21)8-13-10-24-16(19-13)12-3-2-5-18-9-12/h2-3,5,9-11,14H,4,6-8H2,1H3,(H,22,23). The van der Waals surface area contributed by atoms with Crippen LogP contribution in [0.15, 0.2) is 29.9 Å². The maximum Gasteiger partial charge on any atom is 0.326 e. The summed E-state index contributed by atoms with van der Waals surface area (Å²) in [5, 5.41) is 12.0. The minimum Gasteiger partial charge on any atom is -0.480 e. The smallest absolute Gasteiger partial charge is 0.326 e. The van der Waals surface area contributed by atoms with Crippen molar-refractivity contribution in [1.82, 2.24) is 14.9 Å². The van der Waals surface area contributed by atoms with Gasteiger partial charge in [-0.15, -0.1) is 11.3 Å². The lowest BCUT2D eigenvalue weighted by atomic mass is 9.92. The van der Waals surface area contributed by atoms with Crippen LogP contribution in [0.1, 0.15) is 25.5 Å². The van der Waals surface area contributed by atoms with Crippen molar-refractivity contribution in [2.45, 2.75) is 32.2 Å². The molecule has 126 valence electrons. The largest absolute Gasteiger partial charge is 0.480 e. The zero-order valence-electron chi connectivity index (χ0n) is 13.4. The zero-order chi connectivity index (χ0) is 17.1. The second-order valence-corrected chi connectivity index (χ2v) is 6.99. The van der Waals surface area contributed by atoms with Crippen LogP contribution in [-0.4, -0.2) is 44.4 Å². The van der Waals surface area contributed by atoms with Gasteiger partial charge in [-0.1, -0.05) is 6.92 Å². The van der Waals surface area contributed by atoms with Crippen molar-refractivity contribution in [2.24, 2.45) is 5.92 Å². The van der Waals surface area contributed by atoms with Crippen LogP contribution in [0.25, 0.3) is 10.6 Å². The normalized spacial score (nSPS) is 20.8. The number of thiazole rings is 1. The first-order valence-electron chi connectivity index (χ1n) is 7.91. The predicted molar refractivity (Wildman–Crippen MR) is 90.6 cm³/mol. The van der Waals surface area contributed by atoms with E-state index in [2.05, 4.69) is 9.97 Å². The van der Waals surface area contributed by atoms with Crippen LogP contribution in [0.4, 0.5) is 0 Å². The van der Waals surface area contributed by atoms with Crippen LogP contribution < -0.4 is 0 Å². The predicted octanol–water partition coefficient (Wildman–Crippen LogP) is 2.46. The third-order valence-corrected chi connectivity index (χ3v) is 5.20. The van der Waals surface area contributed by atoms with E-state index in [0.717, 1.165) is 17.0 Å². The molecule has 2 aromatic rings. The summed E-state index contributed by atoms with van der Waals surface area (Å²) in [4.78, 5) is 34.0. The first-order valence-corrected chi connectivity index (χ1v) is 8.79. The van der Waals surface area contributed by atoms with E-state index in [-0.39, 0.29) is 12.3 Å². The Kier molecular flexibility index (Phi) is 4.89. The van der Waals surface area contributed by atoms with Crippen molar-refractivity contribution in [3.05, 3.63) is 35.6 Å². The number of hydrogen-bond acceptors (Lipinski definition) is 5. The SMILES string of the molecule is CC1CCN(C(=O)Cc2csc(-c3cccnc3)n2)C(C(=O)O)C1. The number of likely N-dealkylation sites (tertiary alicyclic amines) is 1. The number of pyridine rings is 1. The molecule has 0 spiro atoms. The molecule has 0 saturated carbocycles. The number of carbonyl (C=O) groups is 2. The minimum atomic E-state index is -0.927. The van der Waals surface area contributed by atoms with Gasteiger partial charge in [0.05, 0.1) is 12.1 Å². The van der Waals surface area contributed by atoms with E-state index >= 15 is 0 Å². The summed E-state index contributed by atoms with van der Waals surface area (Å²) >= 11 is 1.46. The van der Waals surface area contributed by atoms with Gasteiger partial charge in [0.1, 0.15) is 11.0 Å². The monoisotopic (exact) mass is 345 g/mol. The van der Waals surface area contributed by atoms with Crippen molar-refractivity contribution in [3.63, 3.8) is 0 Å². The van der Waals surface area contributed by atoms with Crippen molar-refractivity contribution in [3.8, 4) is 10.6 Å². The van der Waals surface area contributed by atoms with Crippen molar-refractivity contribution in [2.75, 3.05) is 6.54 Å². The van der Waals surface area contributed by atoms with Crippen LogP contribution in [-0.2, 0) is 16.0 Å². The van der Waals surface area contributed by atoms with E-state index in [4.69, 9.17) is 0 Å². The summed E-state index contributed by atoms with van der Waals surface area (Å²) in [6, 6.07) is 3.04. The van der Waals surface area contributed by atoms with E-state index < -0.39 is 12.0 Å². The van der Waals surface area contributed by atoms with Crippen LogP contribution in [0, 0.1) is 5.92 Å². The lowest BCUT2D eigenvalue weighted by Crippen LogP contribution is -2.50. The molecule has 0 aromatic carbocycles. The summed E-state index contributed by atoms with van der Waals surface area (Å²) < 4.78 is 0. The number of aromatic nitrogens is 2. The summed E-state index contributed by atoms with van der Waals surface area (Å²) in [6.07, 6.45) is 4.92. The van der Waals surface area contributed by atoms with E-state index in [1.54, 1.807) is 12.4 Å². The van der Waals surface area contributed by atoms with Gasteiger partial charge in [0.2, 0.25) is 5.91 Å². The highest BCUT2D eigenvalue weighted by atomic mass is 32.1. The molecule has 1 saturated heterocycles. The Labute approximate surface area is 144 Å². The fourth-order valence-electron chi connectivity index (χ4n) is 2.94. The maximum absolute atomic E-state index is 12.5. The van der Waals surface area contributed by atoms with Crippen LogP contribution in [0.2, 0.25) is 0 Å². The van der Waals surface area contributed by atoms with Crippen molar-refractivity contribution >= 4 is 23.2 Å². The van der Waals surface area contributed by atoms with Gasteiger partial charge in [0.15, 0.2) is 0 Å². The van der Waals surface area contributed by atoms with Gasteiger partial charge in [-0.05, 0) is 30.9 Å². The Morgan fingerprint density at radius 1 is 1.46 bits per heavy atom. The molecule has 3 rings (SSSR count). The second kappa shape index (κ2) is 7.09. The van der Waals surface area contributed by atoms with E-state index in [0.29, 0.717) is 24.6 Å². The van der Waals surface area contributed by atoms with Gasteiger partial charge in [-0.2, -0.15) is 0 Å². The second-order valence-electron chi connectivity index (χ2n) is 6.13. The minimum absolute atomic E-state index is 0.134. The van der Waals surface area contributed by atoms with Crippen LogP contribution >= 0.6 is 11.3 Å². The number of carboxylic acid groups (broad SMARTS) is 1. The van der Waals surface area contributed by atoms with E-state index in [9.17, 15) is 14.7 Å². The number of piperidine rings is 1. The van der Waals surface area contributed by atoms with Gasteiger partial charge in [0, 0.05) is 29.9 Å². The number of hydrogen-bond donors (Lipinski definition) is 1. The quantitative estimate of drug-likeness (QED) is 0.920. The van der Waals surface area contributed by atoms with E-state index in [1.807, 2.05) is 24.4 Å². The molecule has 24 heavy (non-hydrogen) atoms. The molecule has 7 heteroatoms. The Morgan fingerprint density at radius 3 is 3.00 bits per heavy atom. The van der Waals surface area contributed by atoms with Gasteiger partial charge in [-0.3, -0.25) is 9.78 Å². The lowest BCUT2D eigenvalue weighted by Gasteiger charge is -2.35. The molecule has 1 fully saturated rings. The van der Waals surface area contributed by atoms with Crippen molar-refractivity contribution in [1.29, 1.82) is 0 Å². The number of rotatable bonds is 4. The van der Waals surface area contributed by atoms with Gasteiger partial charge < -0.3 is 10.0 Å². The first kappa shape index (κ1) is 16.6. The van der Waals surface area contributed by atoms with Gasteiger partial charge >= 0.3 is 5.97 Å². The molecule has 1 aliphatic rings. The van der Waals surface area contributed by atoms with Gasteiger partial charge in [0.25, 0.3) is 0 Å². The summed E-state index contributed by atoms with van der Waals surface area (Å²) in [5.74, 6) is -0.770. The number of carbonyl (C=O) groups excluding carboxylic acids is 1. The number of nitrogens with zero attached hydrogens (tertiary/aromatic N) is 3. The maximum atomic E-state index is 12.5. The molecule has 1 aliphatic heterocycles. The molecule has 2 aromatic heterocycles. The number of amides is 1. The highest BCUT2D eigenvalue weighted by molar-refractivity contribution is 7.13. The first-order chi connectivity index (χ1) is 11.5. The van der Waals surface area contributed by atoms with E-state index in [1.165, 1.54) is 16.2 Å². The van der Waals surface area contributed by atoms with Crippen LogP contribution in [0.3, 0.4) is 0 Å².